The molecule has 1 aromatic carbocycles. The Labute approximate surface area is 146 Å². The number of amides is 1. The van der Waals surface area contributed by atoms with Gasteiger partial charge in [-0.3, -0.25) is 9.59 Å². The van der Waals surface area contributed by atoms with Gasteiger partial charge in [0.15, 0.2) is 0 Å². The van der Waals surface area contributed by atoms with Crippen molar-refractivity contribution < 1.29 is 27.1 Å². The smallest absolute Gasteiger partial charge is 0.306 e. The summed E-state index contributed by atoms with van der Waals surface area (Å²) >= 11 is 0. The first-order valence-electron chi connectivity index (χ1n) is 7.86. The van der Waals surface area contributed by atoms with E-state index in [2.05, 4.69) is 4.74 Å². The highest BCUT2D eigenvalue weighted by Crippen LogP contribution is 2.20. The molecule has 9 heteroatoms. The zero-order valence-electron chi connectivity index (χ0n) is 14.2. The summed E-state index contributed by atoms with van der Waals surface area (Å²) in [5.74, 6) is -1.12. The fraction of sp³-hybridized carbons (Fsp3) is 0.500. The van der Waals surface area contributed by atoms with Gasteiger partial charge in [-0.05, 0) is 30.7 Å². The SMILES string of the molecule is COC(=O)CCC(=O)N1CCN(S(=O)(=O)c2ccc(F)c(C)c2)CC1. The molecule has 0 atom stereocenters. The quantitative estimate of drug-likeness (QED) is 0.718. The zero-order valence-corrected chi connectivity index (χ0v) is 15.0. The molecule has 2 rings (SSSR count). The highest BCUT2D eigenvalue weighted by Gasteiger charge is 2.30. The average Bonchev–Trinajstić information content (AvgIpc) is 2.61. The number of nitrogens with zero attached hydrogens (tertiary/aromatic N) is 2. The van der Waals surface area contributed by atoms with Gasteiger partial charge in [0.1, 0.15) is 5.82 Å². The van der Waals surface area contributed by atoms with E-state index in [1.807, 2.05) is 0 Å². The summed E-state index contributed by atoms with van der Waals surface area (Å²) < 4.78 is 44.4. The molecule has 25 heavy (non-hydrogen) atoms. The van der Waals surface area contributed by atoms with E-state index in [1.165, 1.54) is 35.4 Å². The fourth-order valence-electron chi connectivity index (χ4n) is 2.57. The average molecular weight is 372 g/mol. The van der Waals surface area contributed by atoms with Crippen molar-refractivity contribution in [1.82, 2.24) is 9.21 Å². The molecule has 0 aliphatic carbocycles. The number of esters is 1. The lowest BCUT2D eigenvalue weighted by molar-refractivity contribution is -0.143. The van der Waals surface area contributed by atoms with Crippen LogP contribution in [0.3, 0.4) is 0 Å². The van der Waals surface area contributed by atoms with Gasteiger partial charge in [-0.2, -0.15) is 4.31 Å². The van der Waals surface area contributed by atoms with Crippen LogP contribution in [-0.2, 0) is 24.3 Å². The van der Waals surface area contributed by atoms with Crippen LogP contribution >= 0.6 is 0 Å². The molecule has 7 nitrogen and oxygen atoms in total. The van der Waals surface area contributed by atoms with Crippen molar-refractivity contribution in [2.45, 2.75) is 24.7 Å². The van der Waals surface area contributed by atoms with E-state index in [4.69, 9.17) is 0 Å². The predicted molar refractivity (Wildman–Crippen MR) is 87.7 cm³/mol. The van der Waals surface area contributed by atoms with E-state index in [0.29, 0.717) is 0 Å². The van der Waals surface area contributed by atoms with Crippen LogP contribution in [0, 0.1) is 12.7 Å². The topological polar surface area (TPSA) is 84.0 Å². The standard InChI is InChI=1S/C16H21FN2O5S/c1-12-11-13(3-4-14(12)17)25(22,23)19-9-7-18(8-10-19)15(20)5-6-16(21)24-2/h3-4,11H,5-10H2,1-2H3. The molecule has 1 aliphatic heterocycles. The minimum Gasteiger partial charge on any atom is -0.469 e. The number of hydrogen-bond donors (Lipinski definition) is 0. The number of methoxy groups -OCH3 is 1. The molecule has 1 aromatic rings. The van der Waals surface area contributed by atoms with Gasteiger partial charge < -0.3 is 9.64 Å². The maximum Gasteiger partial charge on any atom is 0.306 e. The first-order valence-corrected chi connectivity index (χ1v) is 9.30. The van der Waals surface area contributed by atoms with Gasteiger partial charge in [0.05, 0.1) is 18.4 Å². The molecule has 0 bridgehead atoms. The molecule has 1 saturated heterocycles. The molecular weight excluding hydrogens is 351 g/mol. The molecule has 0 spiro atoms. The molecule has 1 aliphatic rings. The number of benzene rings is 1. The molecule has 138 valence electrons. The van der Waals surface area contributed by atoms with E-state index >= 15 is 0 Å². The minimum absolute atomic E-state index is 0.00268. The normalized spacial score (nSPS) is 15.9. The van der Waals surface area contributed by atoms with Crippen LogP contribution in [0.2, 0.25) is 0 Å². The largest absolute Gasteiger partial charge is 0.469 e. The van der Waals surface area contributed by atoms with Crippen LogP contribution < -0.4 is 0 Å². The Morgan fingerprint density at radius 3 is 2.36 bits per heavy atom. The van der Waals surface area contributed by atoms with E-state index in [0.717, 1.165) is 6.07 Å². The maximum atomic E-state index is 13.3. The summed E-state index contributed by atoms with van der Waals surface area (Å²) in [7, 11) is -2.47. The number of halogens is 1. The Balaban J connectivity index is 1.97. The van der Waals surface area contributed by atoms with Crippen molar-refractivity contribution in [2.24, 2.45) is 0 Å². The number of piperazine rings is 1. The third kappa shape index (κ3) is 4.55. The second-order valence-corrected chi connectivity index (χ2v) is 7.71. The van der Waals surface area contributed by atoms with E-state index in [9.17, 15) is 22.4 Å². The van der Waals surface area contributed by atoms with Crippen LogP contribution in [0.1, 0.15) is 18.4 Å². The lowest BCUT2D eigenvalue weighted by Gasteiger charge is -2.34. The first-order chi connectivity index (χ1) is 11.8. The maximum absolute atomic E-state index is 13.3. The second kappa shape index (κ2) is 7.92. The number of ether oxygens (including phenoxy) is 1. The highest BCUT2D eigenvalue weighted by atomic mass is 32.2. The van der Waals surface area contributed by atoms with Crippen LogP contribution in [0.15, 0.2) is 23.1 Å². The van der Waals surface area contributed by atoms with E-state index in [1.54, 1.807) is 0 Å². The third-order valence-corrected chi connectivity index (χ3v) is 6.02. The van der Waals surface area contributed by atoms with Gasteiger partial charge in [0.2, 0.25) is 15.9 Å². The minimum atomic E-state index is -3.73. The van der Waals surface area contributed by atoms with E-state index < -0.39 is 21.8 Å². The van der Waals surface area contributed by atoms with Crippen molar-refractivity contribution >= 4 is 21.9 Å². The predicted octanol–water partition coefficient (Wildman–Crippen LogP) is 0.920. The van der Waals surface area contributed by atoms with Crippen molar-refractivity contribution in [3.8, 4) is 0 Å². The lowest BCUT2D eigenvalue weighted by Crippen LogP contribution is -2.50. The monoisotopic (exact) mass is 372 g/mol. The Hall–Kier alpha value is -2.00. The molecule has 0 unspecified atom stereocenters. The zero-order chi connectivity index (χ0) is 18.6. The number of rotatable bonds is 5. The molecule has 1 fully saturated rings. The Morgan fingerprint density at radius 1 is 1.16 bits per heavy atom. The first kappa shape index (κ1) is 19.3. The second-order valence-electron chi connectivity index (χ2n) is 5.77. The van der Waals surface area contributed by atoms with Gasteiger partial charge in [-0.1, -0.05) is 0 Å². The summed E-state index contributed by atoms with van der Waals surface area (Å²) in [6.07, 6.45) is 0.0410. The number of sulfonamides is 1. The lowest BCUT2D eigenvalue weighted by atomic mass is 10.2. The Bertz CT molecular complexity index is 758. The summed E-state index contributed by atoms with van der Waals surface area (Å²) in [5.41, 5.74) is 0.262. The molecule has 1 heterocycles. The van der Waals surface area contributed by atoms with Crippen molar-refractivity contribution in [2.75, 3.05) is 33.3 Å². The molecular formula is C16H21FN2O5S. The Morgan fingerprint density at radius 2 is 1.80 bits per heavy atom. The molecule has 1 amide bonds. The van der Waals surface area contributed by atoms with Gasteiger partial charge in [0.25, 0.3) is 0 Å². The van der Waals surface area contributed by atoms with Crippen molar-refractivity contribution in [1.29, 1.82) is 0 Å². The number of hydrogen-bond acceptors (Lipinski definition) is 5. The van der Waals surface area contributed by atoms with Crippen molar-refractivity contribution in [3.63, 3.8) is 0 Å². The van der Waals surface area contributed by atoms with Crippen molar-refractivity contribution in [3.05, 3.63) is 29.6 Å². The van der Waals surface area contributed by atoms with E-state index in [-0.39, 0.29) is 55.4 Å². The summed E-state index contributed by atoms with van der Waals surface area (Å²) in [4.78, 5) is 24.7. The van der Waals surface area contributed by atoms with Gasteiger partial charge in [-0.25, -0.2) is 12.8 Å². The van der Waals surface area contributed by atoms with Crippen LogP contribution in [0.5, 0.6) is 0 Å². The number of aryl methyl sites for hydroxylation is 1. The van der Waals surface area contributed by atoms with Gasteiger partial charge >= 0.3 is 5.97 Å². The van der Waals surface area contributed by atoms with Crippen LogP contribution in [0.25, 0.3) is 0 Å². The van der Waals surface area contributed by atoms with Gasteiger partial charge in [0, 0.05) is 32.6 Å². The fourth-order valence-corrected chi connectivity index (χ4v) is 4.08. The Kier molecular flexibility index (Phi) is 6.12. The summed E-state index contributed by atoms with van der Waals surface area (Å²) in [6.45, 7) is 2.32. The summed E-state index contributed by atoms with van der Waals surface area (Å²) in [6, 6.07) is 3.68. The number of carbonyl (C=O) groups excluding carboxylic acids is 2. The van der Waals surface area contributed by atoms with Crippen LogP contribution in [0.4, 0.5) is 4.39 Å². The molecule has 0 radical (unpaired) electrons. The molecule has 0 saturated carbocycles. The third-order valence-electron chi connectivity index (χ3n) is 4.13. The van der Waals surface area contributed by atoms with Gasteiger partial charge in [-0.15, -0.1) is 0 Å². The summed E-state index contributed by atoms with van der Waals surface area (Å²) in [5, 5.41) is 0. The number of carbonyl (C=O) groups is 2. The molecule has 0 N–H and O–H groups in total. The van der Waals surface area contributed by atoms with Crippen LogP contribution in [-0.4, -0.2) is 62.8 Å². The molecule has 0 aromatic heterocycles. The highest BCUT2D eigenvalue weighted by molar-refractivity contribution is 7.89.